The molecule has 1 aromatic heterocycles. The molecule has 7 nitrogen and oxygen atoms in total. The summed E-state index contributed by atoms with van der Waals surface area (Å²) in [6, 6.07) is 17.2. The van der Waals surface area contributed by atoms with Crippen molar-refractivity contribution in [3.05, 3.63) is 83.0 Å². The van der Waals surface area contributed by atoms with E-state index in [4.69, 9.17) is 21.1 Å². The van der Waals surface area contributed by atoms with Crippen LogP contribution in [0.5, 0.6) is 23.0 Å². The summed E-state index contributed by atoms with van der Waals surface area (Å²) in [5.41, 5.74) is 4.49. The number of ether oxygens (including phenoxy) is 2. The summed E-state index contributed by atoms with van der Waals surface area (Å²) in [6.45, 7) is 0. The van der Waals surface area contributed by atoms with E-state index in [-0.39, 0.29) is 21.6 Å². The third-order valence-electron chi connectivity index (χ3n) is 5.58. The predicted octanol–water partition coefficient (Wildman–Crippen LogP) is 5.25. The van der Waals surface area contributed by atoms with Gasteiger partial charge in [0.2, 0.25) is 0 Å². The Kier molecular flexibility index (Phi) is 7.39. The van der Waals surface area contributed by atoms with Crippen LogP contribution in [-0.2, 0) is 5.21 Å². The van der Waals surface area contributed by atoms with Crippen molar-refractivity contribution in [2.24, 2.45) is 0 Å². The van der Waals surface area contributed by atoms with Gasteiger partial charge in [0.15, 0.2) is 0 Å². The van der Waals surface area contributed by atoms with Crippen LogP contribution in [0.2, 0.25) is 10.7 Å². The Morgan fingerprint density at radius 2 is 1.80 bits per heavy atom. The molecule has 0 aliphatic carbocycles. The first kappa shape index (κ1) is 24.7. The van der Waals surface area contributed by atoms with Crippen LogP contribution >= 0.6 is 11.6 Å². The molecular weight excluding hydrogens is 531 g/mol. The van der Waals surface area contributed by atoms with Crippen molar-refractivity contribution in [3.63, 3.8) is 0 Å². The van der Waals surface area contributed by atoms with Crippen molar-refractivity contribution in [3.8, 4) is 39.9 Å². The fourth-order valence-electron chi connectivity index (χ4n) is 3.89. The zero-order chi connectivity index (χ0) is 25.1. The van der Waals surface area contributed by atoms with E-state index in [0.29, 0.717) is 38.7 Å². The number of phenols is 2. The standard InChI is InChI=1S/C26H24AsClN2O5/c1-27(15-16-7-6-10-24(34-2)25(16)35-3)26(33)18-13-17(22(31)14-23(18)32)20-11-12-29-30(20)21-9-5-4-8-19(21)28/h4-14,31-32H,15H2,1-3H3. The van der Waals surface area contributed by atoms with Gasteiger partial charge < -0.3 is 0 Å². The van der Waals surface area contributed by atoms with Gasteiger partial charge >= 0.3 is 213 Å². The van der Waals surface area contributed by atoms with Crippen molar-refractivity contribution in [2.75, 3.05) is 14.2 Å². The molecule has 180 valence electrons. The van der Waals surface area contributed by atoms with Crippen LogP contribution in [0.25, 0.3) is 16.9 Å². The van der Waals surface area contributed by atoms with Crippen LogP contribution in [-0.4, -0.2) is 53.4 Å². The van der Waals surface area contributed by atoms with Gasteiger partial charge in [0.05, 0.1) is 0 Å². The van der Waals surface area contributed by atoms with Crippen molar-refractivity contribution >= 4 is 30.8 Å². The molecular formula is C26H24AsClN2O5. The molecule has 35 heavy (non-hydrogen) atoms. The van der Waals surface area contributed by atoms with Gasteiger partial charge in [0.25, 0.3) is 0 Å². The van der Waals surface area contributed by atoms with E-state index in [1.165, 1.54) is 12.1 Å². The third kappa shape index (κ3) is 4.88. The number of hydrogen-bond donors (Lipinski definition) is 2. The molecule has 1 unspecified atom stereocenters. The number of aromatic nitrogens is 2. The van der Waals surface area contributed by atoms with Gasteiger partial charge in [0, 0.05) is 0 Å². The van der Waals surface area contributed by atoms with E-state index in [1.807, 2.05) is 30.0 Å². The van der Waals surface area contributed by atoms with Crippen LogP contribution in [0, 0.1) is 0 Å². The second kappa shape index (κ2) is 10.5. The zero-order valence-corrected chi connectivity index (χ0v) is 22.0. The number of methoxy groups -OCH3 is 2. The summed E-state index contributed by atoms with van der Waals surface area (Å²) < 4.78 is 12.3. The Morgan fingerprint density at radius 1 is 1.03 bits per heavy atom. The maximum atomic E-state index is 13.5. The topological polar surface area (TPSA) is 93.8 Å². The average Bonchev–Trinajstić information content (AvgIpc) is 3.33. The number of nitrogens with zero attached hydrogens (tertiary/aromatic N) is 2. The Labute approximate surface area is 212 Å². The van der Waals surface area contributed by atoms with E-state index < -0.39 is 14.7 Å². The van der Waals surface area contributed by atoms with Crippen LogP contribution in [0.15, 0.2) is 66.9 Å². The number of benzene rings is 3. The van der Waals surface area contributed by atoms with Crippen molar-refractivity contribution in [1.82, 2.24) is 9.78 Å². The van der Waals surface area contributed by atoms with E-state index in [0.717, 1.165) is 5.56 Å². The molecule has 0 saturated carbocycles. The fourth-order valence-corrected chi connectivity index (χ4v) is 7.24. The molecule has 0 fully saturated rings. The quantitative estimate of drug-likeness (QED) is 0.289. The maximum absolute atomic E-state index is 13.5. The van der Waals surface area contributed by atoms with Gasteiger partial charge in [-0.05, 0) is 0 Å². The molecule has 4 rings (SSSR count). The molecule has 3 aromatic carbocycles. The first-order chi connectivity index (χ1) is 16.8. The zero-order valence-electron chi connectivity index (χ0n) is 19.4. The van der Waals surface area contributed by atoms with E-state index in [9.17, 15) is 15.0 Å². The van der Waals surface area contributed by atoms with Gasteiger partial charge in [-0.2, -0.15) is 0 Å². The molecule has 0 aliphatic rings. The molecule has 9 heteroatoms. The number of halogens is 1. The van der Waals surface area contributed by atoms with Gasteiger partial charge in [-0.1, -0.05) is 0 Å². The molecule has 1 atom stereocenters. The summed E-state index contributed by atoms with van der Waals surface area (Å²) >= 11 is 4.17. The predicted molar refractivity (Wildman–Crippen MR) is 137 cm³/mol. The number of rotatable bonds is 8. The Bertz CT molecular complexity index is 1390. The Morgan fingerprint density at radius 3 is 2.51 bits per heavy atom. The number of aromatic hydroxyl groups is 2. The van der Waals surface area contributed by atoms with Crippen LogP contribution in [0.1, 0.15) is 15.9 Å². The second-order valence-electron chi connectivity index (χ2n) is 7.78. The molecule has 0 amide bonds. The normalized spacial score (nSPS) is 11.8. The molecule has 0 aliphatic heterocycles. The van der Waals surface area contributed by atoms with Gasteiger partial charge in [-0.15, -0.1) is 0 Å². The molecule has 1 heterocycles. The van der Waals surface area contributed by atoms with Crippen LogP contribution < -0.4 is 9.47 Å². The summed E-state index contributed by atoms with van der Waals surface area (Å²) in [6.07, 6.45) is 1.58. The Hall–Kier alpha value is -3.41. The number of hydrogen-bond acceptors (Lipinski definition) is 6. The molecule has 0 radical (unpaired) electrons. The van der Waals surface area contributed by atoms with Gasteiger partial charge in [0.1, 0.15) is 0 Å². The van der Waals surface area contributed by atoms with Gasteiger partial charge in [-0.25, -0.2) is 0 Å². The minimum atomic E-state index is -2.19. The van der Waals surface area contributed by atoms with Gasteiger partial charge in [-0.3, -0.25) is 0 Å². The van der Waals surface area contributed by atoms with E-state index in [1.54, 1.807) is 49.4 Å². The summed E-state index contributed by atoms with van der Waals surface area (Å²) in [4.78, 5) is 13.5. The Balaban J connectivity index is 1.70. The second-order valence-corrected chi connectivity index (χ2v) is 12.6. The molecule has 0 saturated heterocycles. The van der Waals surface area contributed by atoms with Crippen LogP contribution in [0.4, 0.5) is 0 Å². The molecule has 0 bridgehead atoms. The monoisotopic (exact) mass is 554 g/mol. The summed E-state index contributed by atoms with van der Waals surface area (Å²) in [5, 5.41) is 26.6. The van der Waals surface area contributed by atoms with Crippen molar-refractivity contribution < 1.29 is 24.5 Å². The SMILES string of the molecule is COc1cccc(C[As](C)C(=O)c2cc(-c3ccnn3-c3ccccc3Cl)c(O)cc2O)c1OC. The minimum absolute atomic E-state index is 0.134. The summed E-state index contributed by atoms with van der Waals surface area (Å²) in [5.74, 6) is 0.766. The molecule has 4 aromatic rings. The molecule has 2 N–H and O–H groups in total. The first-order valence-corrected chi connectivity index (χ1v) is 15.2. The van der Waals surface area contributed by atoms with E-state index in [2.05, 4.69) is 5.10 Å². The number of phenolic OH excluding ortho intramolecular Hbond substituents is 2. The third-order valence-corrected chi connectivity index (χ3v) is 9.57. The fraction of sp³-hybridized carbons (Fsp3) is 0.154. The van der Waals surface area contributed by atoms with Crippen LogP contribution in [0.3, 0.4) is 0 Å². The number of para-hydroxylation sites is 2. The van der Waals surface area contributed by atoms with E-state index >= 15 is 0 Å². The molecule has 0 spiro atoms. The first-order valence-electron chi connectivity index (χ1n) is 10.7. The van der Waals surface area contributed by atoms with Crippen molar-refractivity contribution in [2.45, 2.75) is 10.9 Å². The number of carbonyl (C=O) groups is 1. The summed E-state index contributed by atoms with van der Waals surface area (Å²) in [7, 11) is 3.13. The average molecular weight is 555 g/mol. The number of carbonyl (C=O) groups excluding carboxylic acids is 1. The van der Waals surface area contributed by atoms with Crippen molar-refractivity contribution in [1.29, 1.82) is 0 Å².